The van der Waals surface area contributed by atoms with Crippen LogP contribution in [0.1, 0.15) is 24.5 Å². The van der Waals surface area contributed by atoms with Crippen molar-refractivity contribution in [3.05, 3.63) is 65.7 Å². The van der Waals surface area contributed by atoms with Gasteiger partial charge in [0.15, 0.2) is 0 Å². The Labute approximate surface area is 178 Å². The van der Waals surface area contributed by atoms with Crippen LogP contribution in [0.15, 0.2) is 64.6 Å². The molecule has 2 aromatic carbocycles. The first-order valence-corrected chi connectivity index (χ1v) is 11.5. The number of hydrazone groups is 1. The maximum absolute atomic E-state index is 12.8. The number of carbonyl (C=O) groups is 1. The number of nitrogens with one attached hydrogen (secondary N) is 1. The number of aryl methyl sites for hydroxylation is 1. The fraction of sp³-hybridized carbons (Fsp3) is 0.364. The molecule has 0 unspecified atom stereocenters. The molecule has 1 heterocycles. The van der Waals surface area contributed by atoms with Crippen LogP contribution in [-0.2, 0) is 14.8 Å². The lowest BCUT2D eigenvalue weighted by atomic mass is 10.1. The summed E-state index contributed by atoms with van der Waals surface area (Å²) in [6.07, 6.45) is 0.708. The predicted octanol–water partition coefficient (Wildman–Crippen LogP) is 2.23. The molecule has 1 aliphatic heterocycles. The summed E-state index contributed by atoms with van der Waals surface area (Å²) in [6.45, 7) is 5.82. The third-order valence-corrected chi connectivity index (χ3v) is 7.03. The molecule has 1 saturated heterocycles. The maximum Gasteiger partial charge on any atom is 0.254 e. The van der Waals surface area contributed by atoms with Crippen molar-refractivity contribution in [3.63, 3.8) is 0 Å². The van der Waals surface area contributed by atoms with Gasteiger partial charge in [-0.05, 0) is 31.0 Å². The molecule has 1 amide bonds. The van der Waals surface area contributed by atoms with Gasteiger partial charge in [0.1, 0.15) is 0 Å². The van der Waals surface area contributed by atoms with E-state index in [-0.39, 0.29) is 12.5 Å². The first-order valence-electron chi connectivity index (χ1n) is 10.1. The minimum absolute atomic E-state index is 0.188. The molecule has 0 bridgehead atoms. The topological polar surface area (TPSA) is 82.1 Å². The molecule has 160 valence electrons. The van der Waals surface area contributed by atoms with E-state index in [1.54, 1.807) is 24.3 Å². The Hall–Kier alpha value is -2.55. The van der Waals surface area contributed by atoms with Crippen LogP contribution in [0, 0.1) is 6.92 Å². The molecule has 30 heavy (non-hydrogen) atoms. The molecule has 8 heteroatoms. The van der Waals surface area contributed by atoms with Crippen LogP contribution in [0.25, 0.3) is 0 Å². The van der Waals surface area contributed by atoms with Crippen LogP contribution in [-0.4, -0.2) is 62.0 Å². The summed E-state index contributed by atoms with van der Waals surface area (Å²) < 4.78 is 27.0. The summed E-state index contributed by atoms with van der Waals surface area (Å²) in [5.41, 5.74) is 5.45. The van der Waals surface area contributed by atoms with Gasteiger partial charge in [-0.1, -0.05) is 55.0 Å². The van der Waals surface area contributed by atoms with E-state index < -0.39 is 10.0 Å². The van der Waals surface area contributed by atoms with E-state index in [4.69, 9.17) is 0 Å². The number of piperazine rings is 1. The highest BCUT2D eigenvalue weighted by atomic mass is 32.2. The molecule has 7 nitrogen and oxygen atoms in total. The van der Waals surface area contributed by atoms with Crippen molar-refractivity contribution in [2.45, 2.75) is 25.2 Å². The zero-order chi connectivity index (χ0) is 21.6. The Kier molecular flexibility index (Phi) is 7.36. The molecule has 0 aliphatic carbocycles. The van der Waals surface area contributed by atoms with Crippen LogP contribution >= 0.6 is 0 Å². The fourth-order valence-corrected chi connectivity index (χ4v) is 4.76. The van der Waals surface area contributed by atoms with Crippen molar-refractivity contribution < 1.29 is 13.2 Å². The number of rotatable bonds is 7. The average molecular weight is 429 g/mol. The minimum Gasteiger partial charge on any atom is -0.292 e. The number of hydrogen-bond donors (Lipinski definition) is 1. The van der Waals surface area contributed by atoms with Crippen molar-refractivity contribution in [2.24, 2.45) is 5.10 Å². The Bertz CT molecular complexity index is 981. The molecule has 0 radical (unpaired) electrons. The normalized spacial score (nSPS) is 16.4. The van der Waals surface area contributed by atoms with E-state index in [2.05, 4.69) is 10.5 Å². The van der Waals surface area contributed by atoms with Crippen molar-refractivity contribution >= 4 is 21.6 Å². The molecule has 0 saturated carbocycles. The van der Waals surface area contributed by atoms with Crippen LogP contribution in [0.4, 0.5) is 0 Å². The monoisotopic (exact) mass is 428 g/mol. The van der Waals surface area contributed by atoms with Gasteiger partial charge in [0.05, 0.1) is 17.2 Å². The number of amides is 1. The lowest BCUT2D eigenvalue weighted by molar-refractivity contribution is -0.122. The SMILES string of the molecule is CCC(=NNC(=O)CN1CCN(S(=O)(=O)c2ccc(C)cc2)CC1)c1ccccc1. The highest BCUT2D eigenvalue weighted by Gasteiger charge is 2.28. The number of carbonyl (C=O) groups excluding carboxylic acids is 1. The van der Waals surface area contributed by atoms with Crippen LogP contribution in [0.3, 0.4) is 0 Å². The van der Waals surface area contributed by atoms with Crippen molar-refractivity contribution in [2.75, 3.05) is 32.7 Å². The number of sulfonamides is 1. The molecule has 3 rings (SSSR count). The Balaban J connectivity index is 1.52. The summed E-state index contributed by atoms with van der Waals surface area (Å²) in [7, 11) is -3.50. The van der Waals surface area contributed by atoms with Gasteiger partial charge in [-0.3, -0.25) is 9.69 Å². The lowest BCUT2D eigenvalue weighted by Crippen LogP contribution is -2.50. The maximum atomic E-state index is 12.8. The van der Waals surface area contributed by atoms with Gasteiger partial charge < -0.3 is 0 Å². The van der Waals surface area contributed by atoms with Gasteiger partial charge in [-0.15, -0.1) is 0 Å². The van der Waals surface area contributed by atoms with Gasteiger partial charge in [-0.25, -0.2) is 13.8 Å². The third kappa shape index (κ3) is 5.53. The molecular weight excluding hydrogens is 400 g/mol. The number of benzene rings is 2. The van der Waals surface area contributed by atoms with Gasteiger partial charge >= 0.3 is 0 Å². The molecule has 1 aliphatic rings. The van der Waals surface area contributed by atoms with Crippen LogP contribution < -0.4 is 5.43 Å². The van der Waals surface area contributed by atoms with Crippen molar-refractivity contribution in [3.8, 4) is 0 Å². The summed E-state index contributed by atoms with van der Waals surface area (Å²) in [5, 5.41) is 4.26. The summed E-state index contributed by atoms with van der Waals surface area (Å²) >= 11 is 0. The molecule has 0 aromatic heterocycles. The Morgan fingerprint density at radius 3 is 2.23 bits per heavy atom. The lowest BCUT2D eigenvalue weighted by Gasteiger charge is -2.33. The first-order chi connectivity index (χ1) is 14.4. The fourth-order valence-electron chi connectivity index (χ4n) is 3.33. The highest BCUT2D eigenvalue weighted by molar-refractivity contribution is 7.89. The first kappa shape index (κ1) is 22.1. The van der Waals surface area contributed by atoms with E-state index >= 15 is 0 Å². The molecule has 1 fully saturated rings. The van der Waals surface area contributed by atoms with Crippen molar-refractivity contribution in [1.29, 1.82) is 0 Å². The number of hydrogen-bond acceptors (Lipinski definition) is 5. The quantitative estimate of drug-likeness (QED) is 0.542. The molecule has 2 aromatic rings. The van der Waals surface area contributed by atoms with Crippen molar-refractivity contribution in [1.82, 2.24) is 14.6 Å². The van der Waals surface area contributed by atoms with Gasteiger partial charge in [0, 0.05) is 26.2 Å². The second-order valence-electron chi connectivity index (χ2n) is 7.31. The summed E-state index contributed by atoms with van der Waals surface area (Å²) in [6, 6.07) is 16.6. The Morgan fingerprint density at radius 2 is 1.63 bits per heavy atom. The van der Waals surface area contributed by atoms with Gasteiger partial charge in [-0.2, -0.15) is 9.41 Å². The number of nitrogens with zero attached hydrogens (tertiary/aromatic N) is 3. The van der Waals surface area contributed by atoms with E-state index in [0.29, 0.717) is 37.5 Å². The molecule has 0 spiro atoms. The van der Waals surface area contributed by atoms with Gasteiger partial charge in [0.25, 0.3) is 5.91 Å². The van der Waals surface area contributed by atoms with Gasteiger partial charge in [0.2, 0.25) is 10.0 Å². The van der Waals surface area contributed by atoms with Crippen LogP contribution in [0.2, 0.25) is 0 Å². The standard InChI is InChI=1S/C22H28N4O3S/c1-3-21(19-7-5-4-6-8-19)23-24-22(27)17-25-13-15-26(16-14-25)30(28,29)20-11-9-18(2)10-12-20/h4-12H,3,13-17H2,1-2H3,(H,24,27). The highest BCUT2D eigenvalue weighted by Crippen LogP contribution is 2.18. The van der Waals surface area contributed by atoms with E-state index in [1.165, 1.54) is 4.31 Å². The summed E-state index contributed by atoms with van der Waals surface area (Å²) in [4.78, 5) is 14.6. The minimum atomic E-state index is -3.50. The average Bonchev–Trinajstić information content (AvgIpc) is 2.75. The largest absolute Gasteiger partial charge is 0.292 e. The molecular formula is C22H28N4O3S. The third-order valence-electron chi connectivity index (χ3n) is 5.11. The molecule has 1 N–H and O–H groups in total. The zero-order valence-corrected chi connectivity index (χ0v) is 18.2. The van der Waals surface area contributed by atoms with E-state index in [1.807, 2.05) is 49.1 Å². The second kappa shape index (κ2) is 9.97. The second-order valence-corrected chi connectivity index (χ2v) is 9.24. The van der Waals surface area contributed by atoms with Crippen LogP contribution in [0.5, 0.6) is 0 Å². The van der Waals surface area contributed by atoms with E-state index in [9.17, 15) is 13.2 Å². The van der Waals surface area contributed by atoms with E-state index in [0.717, 1.165) is 16.8 Å². The smallest absolute Gasteiger partial charge is 0.254 e. The Morgan fingerprint density at radius 1 is 1.00 bits per heavy atom. The molecule has 0 atom stereocenters. The summed E-state index contributed by atoms with van der Waals surface area (Å²) in [5.74, 6) is -0.202. The predicted molar refractivity (Wildman–Crippen MR) is 118 cm³/mol. The zero-order valence-electron chi connectivity index (χ0n) is 17.4.